The summed E-state index contributed by atoms with van der Waals surface area (Å²) in [4.78, 5) is 2.27. The molecule has 3 nitrogen and oxygen atoms in total. The highest BCUT2D eigenvalue weighted by Crippen LogP contribution is 2.47. The zero-order chi connectivity index (χ0) is 23.4. The van der Waals surface area contributed by atoms with Crippen molar-refractivity contribution in [1.29, 1.82) is 0 Å². The van der Waals surface area contributed by atoms with Crippen LogP contribution in [0.1, 0.15) is 41.5 Å². The van der Waals surface area contributed by atoms with Crippen molar-refractivity contribution in [2.75, 3.05) is 25.6 Å². The van der Waals surface area contributed by atoms with E-state index in [0.717, 1.165) is 48.3 Å². The minimum atomic E-state index is -1.03. The molecule has 33 heavy (non-hydrogen) atoms. The molecule has 2 atom stereocenters. The molecular formula is C30H35NO2. The highest BCUT2D eigenvalue weighted by atomic mass is 16.5. The monoisotopic (exact) mass is 441 g/mol. The molecule has 3 aromatic rings. The molecule has 0 saturated heterocycles. The summed E-state index contributed by atoms with van der Waals surface area (Å²) in [7, 11) is 3.80. The smallest absolute Gasteiger partial charge is 0.118 e. The first-order valence-corrected chi connectivity index (χ1v) is 11.8. The molecule has 172 valence electrons. The molecule has 0 radical (unpaired) electrons. The number of hydrogen-bond donors (Lipinski definition) is 1. The van der Waals surface area contributed by atoms with Gasteiger partial charge in [-0.3, -0.25) is 0 Å². The van der Waals surface area contributed by atoms with E-state index in [0.29, 0.717) is 0 Å². The van der Waals surface area contributed by atoms with Crippen LogP contribution in [0.2, 0.25) is 0 Å². The van der Waals surface area contributed by atoms with Crippen molar-refractivity contribution in [3.05, 3.63) is 101 Å². The second kappa shape index (κ2) is 9.84. The van der Waals surface area contributed by atoms with E-state index < -0.39 is 5.60 Å². The van der Waals surface area contributed by atoms with Gasteiger partial charge in [0.05, 0.1) is 7.11 Å². The van der Waals surface area contributed by atoms with Gasteiger partial charge in [0.25, 0.3) is 0 Å². The van der Waals surface area contributed by atoms with E-state index in [2.05, 4.69) is 80.4 Å². The van der Waals surface area contributed by atoms with E-state index >= 15 is 0 Å². The highest BCUT2D eigenvalue weighted by molar-refractivity contribution is 5.58. The standard InChI is InChI=1S/C30H35NO2/c1-22-8-12-24(13-9-22)20-26-6-5-7-27(21-31(3)28-16-10-23(2)11-17-28)30(26,32)25-14-18-29(33-4)19-15-25/h8-20,27,32H,5-7,21H2,1-4H3/b26-20+. The van der Waals surface area contributed by atoms with Gasteiger partial charge in [0, 0.05) is 25.2 Å². The molecule has 1 fully saturated rings. The third-order valence-corrected chi connectivity index (χ3v) is 7.00. The Morgan fingerprint density at radius 1 is 0.939 bits per heavy atom. The normalized spacial score (nSPS) is 21.7. The number of nitrogens with zero attached hydrogens (tertiary/aromatic N) is 1. The quantitative estimate of drug-likeness (QED) is 0.473. The van der Waals surface area contributed by atoms with E-state index in [1.165, 1.54) is 16.8 Å². The van der Waals surface area contributed by atoms with Gasteiger partial charge in [-0.05, 0) is 74.1 Å². The SMILES string of the molecule is COc1ccc(C2(O)/C(=C/c3ccc(C)cc3)CCCC2CN(C)c2ccc(C)cc2)cc1. The molecular weight excluding hydrogens is 406 g/mol. The van der Waals surface area contributed by atoms with Crippen molar-refractivity contribution < 1.29 is 9.84 Å². The molecule has 0 bridgehead atoms. The number of rotatable bonds is 6. The molecule has 2 unspecified atom stereocenters. The van der Waals surface area contributed by atoms with Gasteiger partial charge in [0.2, 0.25) is 0 Å². The maximum atomic E-state index is 12.4. The van der Waals surface area contributed by atoms with Crippen LogP contribution in [0.5, 0.6) is 5.75 Å². The second-order valence-corrected chi connectivity index (χ2v) is 9.38. The minimum absolute atomic E-state index is 0.0719. The average Bonchev–Trinajstić information content (AvgIpc) is 2.83. The van der Waals surface area contributed by atoms with Crippen molar-refractivity contribution >= 4 is 11.8 Å². The summed E-state index contributed by atoms with van der Waals surface area (Å²) in [6.07, 6.45) is 5.13. The topological polar surface area (TPSA) is 32.7 Å². The van der Waals surface area contributed by atoms with Crippen LogP contribution in [0.15, 0.2) is 78.4 Å². The molecule has 1 aliphatic carbocycles. The lowest BCUT2D eigenvalue weighted by Gasteiger charge is -2.44. The van der Waals surface area contributed by atoms with Crippen molar-refractivity contribution in [3.8, 4) is 5.75 Å². The van der Waals surface area contributed by atoms with Gasteiger partial charge in [0.15, 0.2) is 0 Å². The van der Waals surface area contributed by atoms with Crippen LogP contribution in [-0.2, 0) is 5.60 Å². The Morgan fingerprint density at radius 3 is 2.15 bits per heavy atom. The number of ether oxygens (including phenoxy) is 1. The maximum Gasteiger partial charge on any atom is 0.118 e. The predicted molar refractivity (Wildman–Crippen MR) is 138 cm³/mol. The van der Waals surface area contributed by atoms with Crippen LogP contribution >= 0.6 is 0 Å². The Bertz CT molecular complexity index is 1080. The molecule has 1 N–H and O–H groups in total. The summed E-state index contributed by atoms with van der Waals surface area (Å²) in [6, 6.07) is 25.1. The summed E-state index contributed by atoms with van der Waals surface area (Å²) in [5.41, 5.74) is 5.79. The highest BCUT2D eigenvalue weighted by Gasteiger charge is 2.44. The number of hydrogen-bond acceptors (Lipinski definition) is 3. The molecule has 3 heteroatoms. The van der Waals surface area contributed by atoms with E-state index in [1.54, 1.807) is 7.11 Å². The lowest BCUT2D eigenvalue weighted by molar-refractivity contribution is -0.00396. The molecule has 0 amide bonds. The van der Waals surface area contributed by atoms with Crippen LogP contribution in [0.3, 0.4) is 0 Å². The van der Waals surface area contributed by atoms with Gasteiger partial charge in [-0.2, -0.15) is 0 Å². The Labute approximate surface area is 198 Å². The van der Waals surface area contributed by atoms with Gasteiger partial charge in [-0.1, -0.05) is 65.7 Å². The number of aliphatic hydroxyl groups is 1. The Morgan fingerprint density at radius 2 is 1.55 bits per heavy atom. The fraction of sp³-hybridized carbons (Fsp3) is 0.333. The first kappa shape index (κ1) is 23.1. The van der Waals surface area contributed by atoms with Crippen molar-refractivity contribution in [2.45, 2.75) is 38.7 Å². The molecule has 1 aliphatic rings. The lowest BCUT2D eigenvalue weighted by Crippen LogP contribution is -2.45. The van der Waals surface area contributed by atoms with Crippen molar-refractivity contribution in [3.63, 3.8) is 0 Å². The molecule has 0 heterocycles. The van der Waals surface area contributed by atoms with Gasteiger partial charge in [-0.15, -0.1) is 0 Å². The van der Waals surface area contributed by atoms with Crippen molar-refractivity contribution in [1.82, 2.24) is 0 Å². The summed E-state index contributed by atoms with van der Waals surface area (Å²) in [5.74, 6) is 0.873. The fourth-order valence-corrected chi connectivity index (χ4v) is 4.97. The number of anilines is 1. The number of benzene rings is 3. The first-order chi connectivity index (χ1) is 15.9. The molecule has 0 spiro atoms. The molecule has 0 aromatic heterocycles. The van der Waals surface area contributed by atoms with E-state index in [1.807, 2.05) is 24.3 Å². The Kier molecular flexibility index (Phi) is 6.90. The first-order valence-electron chi connectivity index (χ1n) is 11.8. The second-order valence-electron chi connectivity index (χ2n) is 9.38. The Balaban J connectivity index is 1.73. The minimum Gasteiger partial charge on any atom is -0.497 e. The van der Waals surface area contributed by atoms with Crippen LogP contribution < -0.4 is 9.64 Å². The maximum absolute atomic E-state index is 12.4. The van der Waals surface area contributed by atoms with E-state index in [4.69, 9.17) is 4.74 Å². The van der Waals surface area contributed by atoms with E-state index in [9.17, 15) is 5.11 Å². The van der Waals surface area contributed by atoms with Crippen molar-refractivity contribution in [2.24, 2.45) is 5.92 Å². The van der Waals surface area contributed by atoms with Crippen LogP contribution in [0.4, 0.5) is 5.69 Å². The molecule has 4 rings (SSSR count). The molecule has 0 aliphatic heterocycles. The third-order valence-electron chi connectivity index (χ3n) is 7.00. The Hall–Kier alpha value is -3.04. The predicted octanol–water partition coefficient (Wildman–Crippen LogP) is 6.52. The van der Waals surface area contributed by atoms with Crippen LogP contribution in [0.25, 0.3) is 6.08 Å². The van der Waals surface area contributed by atoms with Gasteiger partial charge in [0.1, 0.15) is 11.4 Å². The fourth-order valence-electron chi connectivity index (χ4n) is 4.97. The zero-order valence-electron chi connectivity index (χ0n) is 20.2. The number of methoxy groups -OCH3 is 1. The number of aryl methyl sites for hydroxylation is 2. The summed E-state index contributed by atoms with van der Waals surface area (Å²) < 4.78 is 5.38. The van der Waals surface area contributed by atoms with Gasteiger partial charge in [-0.25, -0.2) is 0 Å². The summed E-state index contributed by atoms with van der Waals surface area (Å²) >= 11 is 0. The molecule has 1 saturated carbocycles. The lowest BCUT2D eigenvalue weighted by atomic mass is 9.67. The largest absolute Gasteiger partial charge is 0.497 e. The summed E-state index contributed by atoms with van der Waals surface area (Å²) in [6.45, 7) is 4.98. The van der Waals surface area contributed by atoms with Gasteiger partial charge < -0.3 is 14.7 Å². The average molecular weight is 442 g/mol. The van der Waals surface area contributed by atoms with Gasteiger partial charge >= 0.3 is 0 Å². The summed E-state index contributed by atoms with van der Waals surface area (Å²) in [5, 5.41) is 12.4. The van der Waals surface area contributed by atoms with E-state index in [-0.39, 0.29) is 5.92 Å². The van der Waals surface area contributed by atoms with Crippen LogP contribution in [-0.4, -0.2) is 25.8 Å². The molecule has 3 aromatic carbocycles. The van der Waals surface area contributed by atoms with Crippen LogP contribution in [0, 0.1) is 19.8 Å². The third kappa shape index (κ3) is 4.99. The zero-order valence-corrected chi connectivity index (χ0v) is 20.2.